The zero-order valence-corrected chi connectivity index (χ0v) is 24.1. The molecule has 2 aromatic heterocycles. The predicted octanol–water partition coefficient (Wildman–Crippen LogP) is 11.1. The first-order valence-corrected chi connectivity index (χ1v) is 14.9. The SMILES string of the molecule is c1ccc(-c2cc(-c3ccncc3)cc(-c3cc(-c4cccc5ccccc45)nc(-c4cccc5ccccc45)c3)c2)cc1. The van der Waals surface area contributed by atoms with Crippen molar-refractivity contribution in [3.8, 4) is 55.9 Å². The fourth-order valence-corrected chi connectivity index (χ4v) is 6.17. The number of aromatic nitrogens is 2. The van der Waals surface area contributed by atoms with Crippen LogP contribution in [0.25, 0.3) is 77.4 Å². The fourth-order valence-electron chi connectivity index (χ4n) is 6.17. The summed E-state index contributed by atoms with van der Waals surface area (Å²) in [6, 6.07) is 56.1. The number of nitrogens with zero attached hydrogens (tertiary/aromatic N) is 2. The smallest absolute Gasteiger partial charge is 0.0721 e. The highest BCUT2D eigenvalue weighted by molar-refractivity contribution is 5.99. The summed E-state index contributed by atoms with van der Waals surface area (Å²) < 4.78 is 0. The molecule has 2 heterocycles. The lowest BCUT2D eigenvalue weighted by atomic mass is 9.91. The van der Waals surface area contributed by atoms with Crippen LogP contribution in [0, 0.1) is 0 Å². The van der Waals surface area contributed by atoms with Crippen molar-refractivity contribution < 1.29 is 0 Å². The molecule has 8 rings (SSSR count). The number of hydrogen-bond donors (Lipinski definition) is 0. The van der Waals surface area contributed by atoms with Crippen LogP contribution in [0.5, 0.6) is 0 Å². The minimum Gasteiger partial charge on any atom is -0.265 e. The van der Waals surface area contributed by atoms with Gasteiger partial charge in [-0.3, -0.25) is 4.98 Å². The van der Waals surface area contributed by atoms with E-state index in [0.717, 1.165) is 44.8 Å². The van der Waals surface area contributed by atoms with Crippen LogP contribution >= 0.6 is 0 Å². The minimum absolute atomic E-state index is 0.956. The number of hydrogen-bond acceptors (Lipinski definition) is 2. The number of rotatable bonds is 5. The molecule has 0 unspecified atom stereocenters. The Morgan fingerprint density at radius 2 is 0.750 bits per heavy atom. The highest BCUT2D eigenvalue weighted by atomic mass is 14.7. The van der Waals surface area contributed by atoms with E-state index in [-0.39, 0.29) is 0 Å². The third-order valence-corrected chi connectivity index (χ3v) is 8.34. The molecule has 0 atom stereocenters. The summed E-state index contributed by atoms with van der Waals surface area (Å²) in [5.41, 5.74) is 11.1. The maximum atomic E-state index is 5.35. The molecule has 0 bridgehead atoms. The van der Waals surface area contributed by atoms with Gasteiger partial charge in [-0.25, -0.2) is 4.98 Å². The summed E-state index contributed by atoms with van der Waals surface area (Å²) >= 11 is 0. The lowest BCUT2D eigenvalue weighted by Crippen LogP contribution is -1.94. The van der Waals surface area contributed by atoms with E-state index in [1.807, 2.05) is 12.4 Å². The molecule has 0 amide bonds. The molecule has 0 spiro atoms. The van der Waals surface area contributed by atoms with E-state index in [0.29, 0.717) is 0 Å². The second kappa shape index (κ2) is 11.1. The largest absolute Gasteiger partial charge is 0.265 e. The van der Waals surface area contributed by atoms with Crippen LogP contribution in [0.1, 0.15) is 0 Å². The van der Waals surface area contributed by atoms with Gasteiger partial charge in [0.25, 0.3) is 0 Å². The monoisotopic (exact) mass is 560 g/mol. The van der Waals surface area contributed by atoms with Crippen LogP contribution in [0.2, 0.25) is 0 Å². The Hall–Kier alpha value is -5.86. The number of fused-ring (bicyclic) bond motifs is 2. The zero-order valence-electron chi connectivity index (χ0n) is 24.1. The van der Waals surface area contributed by atoms with Crippen molar-refractivity contribution in [3.63, 3.8) is 0 Å². The molecule has 44 heavy (non-hydrogen) atoms. The molecule has 6 aromatic carbocycles. The lowest BCUT2D eigenvalue weighted by Gasteiger charge is -2.15. The predicted molar refractivity (Wildman–Crippen MR) is 184 cm³/mol. The Kier molecular flexibility index (Phi) is 6.51. The van der Waals surface area contributed by atoms with Gasteiger partial charge in [0.15, 0.2) is 0 Å². The highest BCUT2D eigenvalue weighted by Crippen LogP contribution is 2.38. The molecule has 0 N–H and O–H groups in total. The van der Waals surface area contributed by atoms with Gasteiger partial charge in [-0.2, -0.15) is 0 Å². The van der Waals surface area contributed by atoms with Gasteiger partial charge >= 0.3 is 0 Å². The standard InChI is InChI=1S/C42H28N2/c1-2-10-29(11-3-1)33-24-34(30-20-22-43-23-21-30)26-35(25-33)36-27-41(39-18-8-14-31-12-4-6-16-37(31)39)44-42(28-36)40-19-9-15-32-13-5-7-17-38(32)40/h1-28H. The van der Waals surface area contributed by atoms with Gasteiger partial charge in [0.2, 0.25) is 0 Å². The van der Waals surface area contributed by atoms with Gasteiger partial charge in [-0.1, -0.05) is 115 Å². The molecule has 0 aliphatic carbocycles. The summed E-state index contributed by atoms with van der Waals surface area (Å²) in [6.45, 7) is 0. The van der Waals surface area contributed by atoms with Crippen molar-refractivity contribution >= 4 is 21.5 Å². The van der Waals surface area contributed by atoms with Crippen molar-refractivity contribution in [3.05, 3.63) is 170 Å². The average Bonchev–Trinajstić information content (AvgIpc) is 3.11. The van der Waals surface area contributed by atoms with Crippen molar-refractivity contribution in [2.24, 2.45) is 0 Å². The van der Waals surface area contributed by atoms with E-state index < -0.39 is 0 Å². The molecule has 0 saturated heterocycles. The fraction of sp³-hybridized carbons (Fsp3) is 0. The first-order chi connectivity index (χ1) is 21.8. The van der Waals surface area contributed by atoms with Gasteiger partial charge in [0, 0.05) is 23.5 Å². The van der Waals surface area contributed by atoms with Gasteiger partial charge in [-0.05, 0) is 97.4 Å². The van der Waals surface area contributed by atoms with Gasteiger partial charge < -0.3 is 0 Å². The maximum absolute atomic E-state index is 5.35. The first-order valence-electron chi connectivity index (χ1n) is 14.9. The molecule has 0 saturated carbocycles. The highest BCUT2D eigenvalue weighted by Gasteiger charge is 2.15. The van der Waals surface area contributed by atoms with E-state index in [1.165, 1.54) is 32.7 Å². The van der Waals surface area contributed by atoms with E-state index in [4.69, 9.17) is 4.98 Å². The summed E-state index contributed by atoms with van der Waals surface area (Å²) in [5.74, 6) is 0. The van der Waals surface area contributed by atoms with E-state index >= 15 is 0 Å². The summed E-state index contributed by atoms with van der Waals surface area (Å²) in [4.78, 5) is 9.62. The van der Waals surface area contributed by atoms with Crippen LogP contribution in [0.3, 0.4) is 0 Å². The molecule has 0 aliphatic heterocycles. The maximum Gasteiger partial charge on any atom is 0.0721 e. The van der Waals surface area contributed by atoms with Crippen molar-refractivity contribution in [2.75, 3.05) is 0 Å². The Bertz CT molecular complexity index is 2110. The third kappa shape index (κ3) is 4.83. The second-order valence-electron chi connectivity index (χ2n) is 11.1. The van der Waals surface area contributed by atoms with Crippen molar-refractivity contribution in [2.45, 2.75) is 0 Å². The Balaban J connectivity index is 1.41. The minimum atomic E-state index is 0.956. The van der Waals surface area contributed by atoms with Crippen LogP contribution in [0.15, 0.2) is 170 Å². The summed E-state index contributed by atoms with van der Waals surface area (Å²) in [7, 11) is 0. The van der Waals surface area contributed by atoms with Crippen LogP contribution < -0.4 is 0 Å². The molecule has 0 fully saturated rings. The van der Waals surface area contributed by atoms with Crippen LogP contribution in [-0.4, -0.2) is 9.97 Å². The second-order valence-corrected chi connectivity index (χ2v) is 11.1. The lowest BCUT2D eigenvalue weighted by molar-refractivity contribution is 1.33. The molecule has 206 valence electrons. The molecule has 0 radical (unpaired) electrons. The Morgan fingerprint density at radius 3 is 1.32 bits per heavy atom. The van der Waals surface area contributed by atoms with Gasteiger partial charge in [0.05, 0.1) is 11.4 Å². The number of benzene rings is 6. The normalized spacial score (nSPS) is 11.2. The third-order valence-electron chi connectivity index (χ3n) is 8.34. The topological polar surface area (TPSA) is 25.8 Å². The van der Waals surface area contributed by atoms with E-state index in [2.05, 4.69) is 163 Å². The van der Waals surface area contributed by atoms with Crippen LogP contribution in [0.4, 0.5) is 0 Å². The first kappa shape index (κ1) is 25.8. The van der Waals surface area contributed by atoms with E-state index in [9.17, 15) is 0 Å². The Labute approximate surface area is 257 Å². The summed E-state index contributed by atoms with van der Waals surface area (Å²) in [6.07, 6.45) is 3.71. The van der Waals surface area contributed by atoms with Gasteiger partial charge in [0.1, 0.15) is 0 Å². The van der Waals surface area contributed by atoms with Crippen molar-refractivity contribution in [1.82, 2.24) is 9.97 Å². The molecule has 8 aromatic rings. The Morgan fingerprint density at radius 1 is 0.318 bits per heavy atom. The van der Waals surface area contributed by atoms with Crippen LogP contribution in [-0.2, 0) is 0 Å². The molecule has 2 nitrogen and oxygen atoms in total. The quantitative estimate of drug-likeness (QED) is 0.209. The molecular weight excluding hydrogens is 532 g/mol. The van der Waals surface area contributed by atoms with Gasteiger partial charge in [-0.15, -0.1) is 0 Å². The zero-order chi connectivity index (χ0) is 29.3. The number of pyridine rings is 2. The molecular formula is C42H28N2. The molecule has 0 aliphatic rings. The van der Waals surface area contributed by atoms with E-state index in [1.54, 1.807) is 0 Å². The average molecular weight is 561 g/mol. The van der Waals surface area contributed by atoms with Crippen molar-refractivity contribution in [1.29, 1.82) is 0 Å². The molecule has 2 heteroatoms. The summed E-state index contributed by atoms with van der Waals surface area (Å²) in [5, 5.41) is 4.79.